The summed E-state index contributed by atoms with van der Waals surface area (Å²) in [6, 6.07) is 25.4. The fourth-order valence-electron chi connectivity index (χ4n) is 7.62. The number of para-hydroxylation sites is 2. The maximum Gasteiger partial charge on any atom is 0.246 e. The molecule has 7 rings (SSSR count). The second-order valence-corrected chi connectivity index (χ2v) is 13.6. The molecule has 0 amide bonds. The van der Waals surface area contributed by atoms with Crippen LogP contribution in [0.4, 0.5) is 17.1 Å². The molecule has 4 aliphatic rings. The van der Waals surface area contributed by atoms with E-state index in [1.165, 1.54) is 67.2 Å². The Morgan fingerprint density at radius 2 is 1.44 bits per heavy atom. The van der Waals surface area contributed by atoms with E-state index in [1.807, 2.05) is 0 Å². The van der Waals surface area contributed by atoms with E-state index in [4.69, 9.17) is 0 Å². The molecule has 3 heteroatoms. The fraction of sp³-hybridized carbons (Fsp3) is 0.316. The van der Waals surface area contributed by atoms with Gasteiger partial charge in [0, 0.05) is 28.5 Å². The van der Waals surface area contributed by atoms with Gasteiger partial charge in [-0.05, 0) is 104 Å². The van der Waals surface area contributed by atoms with Gasteiger partial charge >= 0.3 is 0 Å². The van der Waals surface area contributed by atoms with E-state index in [1.54, 1.807) is 5.47 Å². The summed E-state index contributed by atoms with van der Waals surface area (Å²) in [5, 5.41) is 0. The summed E-state index contributed by atoms with van der Waals surface area (Å²) in [5.74, 6) is 0. The number of rotatable bonds is 2. The van der Waals surface area contributed by atoms with Gasteiger partial charge in [0.05, 0.1) is 6.04 Å². The van der Waals surface area contributed by atoms with E-state index in [-0.39, 0.29) is 18.2 Å². The van der Waals surface area contributed by atoms with Gasteiger partial charge in [0.25, 0.3) is 0 Å². The highest BCUT2D eigenvalue weighted by molar-refractivity contribution is 6.89. The Morgan fingerprint density at radius 3 is 2.12 bits per heavy atom. The van der Waals surface area contributed by atoms with Crippen LogP contribution < -0.4 is 15.3 Å². The van der Waals surface area contributed by atoms with Gasteiger partial charge in [0.15, 0.2) is 0 Å². The molecule has 1 unspecified atom stereocenters. The van der Waals surface area contributed by atoms with Crippen molar-refractivity contribution in [3.63, 3.8) is 0 Å². The first-order chi connectivity index (χ1) is 19.6. The van der Waals surface area contributed by atoms with Gasteiger partial charge in [0.1, 0.15) is 0 Å². The Hall–Kier alpha value is -3.72. The molecular weight excluding hydrogens is 495 g/mol. The minimum Gasteiger partial charge on any atom is -0.339 e. The van der Waals surface area contributed by atoms with E-state index >= 15 is 0 Å². The third-order valence-electron chi connectivity index (χ3n) is 9.77. The number of hydrogen-bond acceptors (Lipinski definition) is 2. The van der Waals surface area contributed by atoms with Crippen molar-refractivity contribution in [1.82, 2.24) is 0 Å². The topological polar surface area (TPSA) is 6.48 Å². The molecule has 0 saturated heterocycles. The standard InChI is InChI=1S/C38H41BN2/c1-24-16-18-33-29(20-24)39-30-21-25(2)17-19-34(30)41(32-15-11-9-13-27(32)4)36-23-28(38(5,6)7)22-35(37(36)39)40(33)31-14-10-8-12-26(31)3/h8-16,18,20-22,36H,17,19,23H2,1-7H3. The summed E-state index contributed by atoms with van der Waals surface area (Å²) in [6.45, 7) is 16.5. The highest BCUT2D eigenvalue weighted by atomic mass is 15.2. The minimum absolute atomic E-state index is 0.0775. The zero-order chi connectivity index (χ0) is 28.6. The lowest BCUT2D eigenvalue weighted by molar-refractivity contribution is 0.464. The molecule has 0 fully saturated rings. The monoisotopic (exact) mass is 536 g/mol. The van der Waals surface area contributed by atoms with Gasteiger partial charge in [-0.3, -0.25) is 0 Å². The highest BCUT2D eigenvalue weighted by Gasteiger charge is 2.50. The summed E-state index contributed by atoms with van der Waals surface area (Å²) < 4.78 is 0. The van der Waals surface area contributed by atoms with Gasteiger partial charge in [-0.1, -0.05) is 92.1 Å². The summed E-state index contributed by atoms with van der Waals surface area (Å²) in [5.41, 5.74) is 18.5. The molecule has 0 saturated carbocycles. The molecule has 41 heavy (non-hydrogen) atoms. The molecule has 3 aromatic rings. The van der Waals surface area contributed by atoms with E-state index in [0.29, 0.717) is 0 Å². The lowest BCUT2D eigenvalue weighted by atomic mass is 9.30. The second-order valence-electron chi connectivity index (χ2n) is 13.6. The van der Waals surface area contributed by atoms with Gasteiger partial charge in [0.2, 0.25) is 6.71 Å². The minimum atomic E-state index is 0.0775. The Labute approximate surface area is 246 Å². The third-order valence-corrected chi connectivity index (χ3v) is 9.77. The number of hydrogen-bond donors (Lipinski definition) is 0. The SMILES string of the molecule is CC1=CC2=C(CC1)N(c1ccccc1C)C1CC(C(C)(C)C)=CC3=C1B2c1cc(C)ccc1N3c1ccccc1C. The molecule has 2 nitrogen and oxygen atoms in total. The predicted octanol–water partition coefficient (Wildman–Crippen LogP) is 9.06. The Kier molecular flexibility index (Phi) is 6.01. The lowest BCUT2D eigenvalue weighted by Crippen LogP contribution is -2.58. The summed E-state index contributed by atoms with van der Waals surface area (Å²) in [6.07, 6.45) is 8.38. The fourth-order valence-corrected chi connectivity index (χ4v) is 7.62. The van der Waals surface area contributed by atoms with Crippen LogP contribution in [-0.2, 0) is 0 Å². The lowest BCUT2D eigenvalue weighted by Gasteiger charge is -2.53. The molecule has 0 bridgehead atoms. The zero-order valence-corrected chi connectivity index (χ0v) is 25.7. The number of benzene rings is 3. The zero-order valence-electron chi connectivity index (χ0n) is 25.7. The largest absolute Gasteiger partial charge is 0.339 e. The van der Waals surface area contributed by atoms with Crippen LogP contribution in [0.15, 0.2) is 112 Å². The molecule has 1 atom stereocenters. The van der Waals surface area contributed by atoms with Gasteiger partial charge in [-0.2, -0.15) is 0 Å². The van der Waals surface area contributed by atoms with Crippen molar-refractivity contribution in [2.75, 3.05) is 9.80 Å². The van der Waals surface area contributed by atoms with E-state index in [2.05, 4.69) is 137 Å². The molecule has 206 valence electrons. The third kappa shape index (κ3) is 4.08. The van der Waals surface area contributed by atoms with Crippen LogP contribution in [0.3, 0.4) is 0 Å². The van der Waals surface area contributed by atoms with E-state index in [9.17, 15) is 0 Å². The molecule has 0 aromatic heterocycles. The van der Waals surface area contributed by atoms with Gasteiger partial charge in [-0.15, -0.1) is 0 Å². The van der Waals surface area contributed by atoms with E-state index in [0.717, 1.165) is 19.3 Å². The van der Waals surface area contributed by atoms with Crippen molar-refractivity contribution in [3.8, 4) is 0 Å². The number of allylic oxidation sites excluding steroid dienone is 5. The van der Waals surface area contributed by atoms with Crippen molar-refractivity contribution >= 4 is 29.2 Å². The molecular formula is C38H41BN2. The average Bonchev–Trinajstić information content (AvgIpc) is 2.93. The Morgan fingerprint density at radius 1 is 0.756 bits per heavy atom. The van der Waals surface area contributed by atoms with Crippen molar-refractivity contribution in [1.29, 1.82) is 0 Å². The number of fused-ring (bicyclic) bond motifs is 3. The maximum atomic E-state index is 2.76. The first-order valence-corrected chi connectivity index (χ1v) is 15.3. The predicted molar refractivity (Wildman–Crippen MR) is 177 cm³/mol. The molecule has 0 N–H and O–H groups in total. The van der Waals surface area contributed by atoms with Crippen molar-refractivity contribution in [2.24, 2.45) is 5.41 Å². The number of anilines is 3. The number of aryl methyl sites for hydroxylation is 3. The average molecular weight is 537 g/mol. The first-order valence-electron chi connectivity index (χ1n) is 15.3. The van der Waals surface area contributed by atoms with Crippen molar-refractivity contribution in [3.05, 3.63) is 129 Å². The van der Waals surface area contributed by atoms with Crippen molar-refractivity contribution < 1.29 is 0 Å². The van der Waals surface area contributed by atoms with Gasteiger partial charge in [-0.25, -0.2) is 0 Å². The molecule has 2 aliphatic carbocycles. The summed E-state index contributed by atoms with van der Waals surface area (Å²) in [7, 11) is 0. The smallest absolute Gasteiger partial charge is 0.246 e. The summed E-state index contributed by atoms with van der Waals surface area (Å²) in [4.78, 5) is 5.35. The quantitative estimate of drug-likeness (QED) is 0.302. The Bertz CT molecular complexity index is 1710. The van der Waals surface area contributed by atoms with Crippen LogP contribution in [-0.4, -0.2) is 12.8 Å². The van der Waals surface area contributed by atoms with Crippen LogP contribution in [0.5, 0.6) is 0 Å². The van der Waals surface area contributed by atoms with Crippen molar-refractivity contribution in [2.45, 2.75) is 73.8 Å². The van der Waals surface area contributed by atoms with Crippen LogP contribution in [0.25, 0.3) is 0 Å². The molecule has 3 aromatic carbocycles. The van der Waals surface area contributed by atoms with Gasteiger partial charge < -0.3 is 9.80 Å². The molecule has 2 heterocycles. The normalized spacial score (nSPS) is 20.0. The van der Waals surface area contributed by atoms with Crippen LogP contribution in [0, 0.1) is 26.2 Å². The number of nitrogens with zero attached hydrogens (tertiary/aromatic N) is 2. The molecule has 0 spiro atoms. The highest BCUT2D eigenvalue weighted by Crippen LogP contribution is 2.52. The first kappa shape index (κ1) is 26.2. The van der Waals surface area contributed by atoms with Crippen LogP contribution in [0.1, 0.15) is 63.6 Å². The molecule has 0 radical (unpaired) electrons. The Balaban J connectivity index is 1.61. The summed E-state index contributed by atoms with van der Waals surface area (Å²) >= 11 is 0. The maximum absolute atomic E-state index is 2.76. The second kappa shape index (κ2) is 9.41. The van der Waals surface area contributed by atoms with E-state index < -0.39 is 0 Å². The molecule has 2 aliphatic heterocycles. The van der Waals surface area contributed by atoms with Crippen LogP contribution >= 0.6 is 0 Å². The van der Waals surface area contributed by atoms with Crippen LogP contribution in [0.2, 0.25) is 0 Å².